The molecule has 0 bridgehead atoms. The first kappa shape index (κ1) is 30.0. The first-order chi connectivity index (χ1) is 15.9. The number of rotatable bonds is 11. The van der Waals surface area contributed by atoms with Crippen molar-refractivity contribution in [2.75, 3.05) is 26.3 Å². The molecule has 2 aromatic rings. The number of aliphatic hydroxyl groups excluding tert-OH is 2. The smallest absolute Gasteiger partial charge is 0.268 e. The largest absolute Gasteiger partial charge is 0.395 e. The topological polar surface area (TPSA) is 201 Å². The van der Waals surface area contributed by atoms with Crippen molar-refractivity contribution in [2.45, 2.75) is 38.8 Å². The van der Waals surface area contributed by atoms with Crippen molar-refractivity contribution in [1.29, 1.82) is 0 Å². The third kappa shape index (κ3) is 14.6. The Labute approximate surface area is 194 Å². The van der Waals surface area contributed by atoms with E-state index < -0.39 is 5.91 Å². The Morgan fingerprint density at radius 3 is 1.82 bits per heavy atom. The molecule has 184 valence electrons. The minimum absolute atomic E-state index is 0.188. The van der Waals surface area contributed by atoms with E-state index in [1.54, 1.807) is 12.1 Å². The minimum Gasteiger partial charge on any atom is -0.395 e. The van der Waals surface area contributed by atoms with E-state index in [-0.39, 0.29) is 36.9 Å². The molecule has 0 fully saturated rings. The first-order valence-electron chi connectivity index (χ1n) is 10.6. The number of carbonyl (C=O) groups excluding carboxylic acids is 2. The lowest BCUT2D eigenvalue weighted by atomic mass is 10.2. The predicted octanol–water partition coefficient (Wildman–Crippen LogP) is -1.03. The molecule has 0 radical (unpaired) electrons. The standard InChI is InChI=1S/C10H24N2O2.C6H7N3O.C5H5N3O/c1-3-9(7-13)11-5-6-12-10(4-2)8-14;7-9-6(10)5-1-3-8-4-2-5;6-5(9)4-3-7-1-2-8-4/h9-14H,3-8H2,1-2H3;1-4H,7H2,(H,9,10);1-3H,(H2,6,9)/t9-,10-;;/m0../s1. The van der Waals surface area contributed by atoms with Gasteiger partial charge >= 0.3 is 0 Å². The summed E-state index contributed by atoms with van der Waals surface area (Å²) in [5.74, 6) is 4.03. The van der Waals surface area contributed by atoms with Gasteiger partial charge in [-0.3, -0.25) is 25.0 Å². The van der Waals surface area contributed by atoms with Crippen LogP contribution in [0, 0.1) is 0 Å². The van der Waals surface area contributed by atoms with Crippen LogP contribution >= 0.6 is 0 Å². The highest BCUT2D eigenvalue weighted by atomic mass is 16.3. The lowest BCUT2D eigenvalue weighted by Crippen LogP contribution is -2.40. The zero-order valence-electron chi connectivity index (χ0n) is 19.1. The van der Waals surface area contributed by atoms with Crippen molar-refractivity contribution < 1.29 is 19.8 Å². The summed E-state index contributed by atoms with van der Waals surface area (Å²) in [6, 6.07) is 3.57. The molecular formula is C21H36N8O4. The molecule has 0 aliphatic rings. The molecule has 2 atom stereocenters. The Balaban J connectivity index is 0.000000478. The molecule has 0 aliphatic carbocycles. The van der Waals surface area contributed by atoms with Crippen LogP contribution < -0.4 is 27.6 Å². The predicted molar refractivity (Wildman–Crippen MR) is 125 cm³/mol. The summed E-state index contributed by atoms with van der Waals surface area (Å²) in [6.07, 6.45) is 9.16. The number of pyridine rings is 1. The molecule has 12 heteroatoms. The lowest BCUT2D eigenvalue weighted by molar-refractivity contribution is 0.0952. The highest BCUT2D eigenvalue weighted by Gasteiger charge is 2.04. The Morgan fingerprint density at radius 2 is 1.48 bits per heavy atom. The van der Waals surface area contributed by atoms with E-state index in [1.165, 1.54) is 31.0 Å². The molecule has 12 nitrogen and oxygen atoms in total. The van der Waals surface area contributed by atoms with Crippen LogP contribution in [0.4, 0.5) is 0 Å². The molecule has 0 aromatic carbocycles. The Morgan fingerprint density at radius 1 is 0.939 bits per heavy atom. The van der Waals surface area contributed by atoms with E-state index in [0.29, 0.717) is 5.56 Å². The number of nitrogens with zero attached hydrogens (tertiary/aromatic N) is 3. The number of hydrogen-bond acceptors (Lipinski definition) is 10. The molecule has 9 N–H and O–H groups in total. The van der Waals surface area contributed by atoms with Crippen molar-refractivity contribution in [1.82, 2.24) is 31.0 Å². The molecule has 2 rings (SSSR count). The maximum Gasteiger partial charge on any atom is 0.268 e. The molecule has 0 spiro atoms. The minimum atomic E-state index is -0.553. The zero-order chi connectivity index (χ0) is 24.9. The van der Waals surface area contributed by atoms with Crippen LogP contribution in [0.1, 0.15) is 47.5 Å². The van der Waals surface area contributed by atoms with Gasteiger partial charge in [0.25, 0.3) is 11.8 Å². The Bertz CT molecular complexity index is 730. The number of amides is 2. The normalized spacial score (nSPS) is 11.7. The lowest BCUT2D eigenvalue weighted by Gasteiger charge is -2.17. The van der Waals surface area contributed by atoms with Crippen LogP contribution in [-0.4, -0.2) is 75.4 Å². The molecule has 0 saturated carbocycles. The summed E-state index contributed by atoms with van der Waals surface area (Å²) in [4.78, 5) is 32.1. The van der Waals surface area contributed by atoms with Gasteiger partial charge in [-0.15, -0.1) is 0 Å². The van der Waals surface area contributed by atoms with Gasteiger partial charge in [0.2, 0.25) is 0 Å². The Kier molecular flexibility index (Phi) is 17.8. The van der Waals surface area contributed by atoms with E-state index in [2.05, 4.69) is 25.6 Å². The second-order valence-corrected chi connectivity index (χ2v) is 6.65. The second-order valence-electron chi connectivity index (χ2n) is 6.65. The molecule has 2 amide bonds. The number of primary amides is 1. The summed E-state index contributed by atoms with van der Waals surface area (Å²) in [5.41, 5.74) is 7.59. The monoisotopic (exact) mass is 464 g/mol. The van der Waals surface area contributed by atoms with Crippen molar-refractivity contribution >= 4 is 11.8 Å². The van der Waals surface area contributed by atoms with Gasteiger partial charge < -0.3 is 26.6 Å². The maximum atomic E-state index is 10.7. The van der Waals surface area contributed by atoms with Gasteiger partial charge in [0, 0.05) is 55.5 Å². The number of carbonyl (C=O) groups is 2. The van der Waals surface area contributed by atoms with Crippen molar-refractivity contribution in [3.05, 3.63) is 54.4 Å². The highest BCUT2D eigenvalue weighted by Crippen LogP contribution is 1.93. The van der Waals surface area contributed by atoms with Gasteiger partial charge in [0.15, 0.2) is 0 Å². The van der Waals surface area contributed by atoms with Crippen LogP contribution in [0.5, 0.6) is 0 Å². The second kappa shape index (κ2) is 19.6. The van der Waals surface area contributed by atoms with E-state index in [1.807, 2.05) is 19.3 Å². The van der Waals surface area contributed by atoms with Crippen LogP contribution in [-0.2, 0) is 0 Å². The molecule has 2 heterocycles. The number of nitrogens with one attached hydrogen (secondary N) is 3. The van der Waals surface area contributed by atoms with E-state index >= 15 is 0 Å². The Hall–Kier alpha value is -3.03. The number of hydrogen-bond donors (Lipinski definition) is 7. The number of aromatic nitrogens is 3. The molecule has 0 unspecified atom stereocenters. The quantitative estimate of drug-likeness (QED) is 0.0932. The zero-order valence-corrected chi connectivity index (χ0v) is 19.1. The van der Waals surface area contributed by atoms with Gasteiger partial charge in [0.05, 0.1) is 19.4 Å². The fraction of sp³-hybridized carbons (Fsp3) is 0.476. The fourth-order valence-corrected chi connectivity index (χ4v) is 2.24. The van der Waals surface area contributed by atoms with Crippen LogP contribution in [0.2, 0.25) is 0 Å². The SMILES string of the molecule is CC[C@@H](CO)NCCN[C@@H](CC)CO.NC(=O)c1cnccn1.NNC(=O)c1ccncc1. The average molecular weight is 465 g/mol. The average Bonchev–Trinajstić information content (AvgIpc) is 2.87. The van der Waals surface area contributed by atoms with Crippen molar-refractivity contribution in [2.24, 2.45) is 11.6 Å². The number of nitrogens with two attached hydrogens (primary N) is 2. The summed E-state index contributed by atoms with van der Waals surface area (Å²) < 4.78 is 0. The number of nitrogen functional groups attached to an aromatic ring is 1. The third-order valence-corrected chi connectivity index (χ3v) is 4.31. The van der Waals surface area contributed by atoms with E-state index in [4.69, 9.17) is 21.8 Å². The first-order valence-corrected chi connectivity index (χ1v) is 10.6. The van der Waals surface area contributed by atoms with Gasteiger partial charge in [-0.1, -0.05) is 13.8 Å². The van der Waals surface area contributed by atoms with E-state index in [9.17, 15) is 9.59 Å². The van der Waals surface area contributed by atoms with E-state index in [0.717, 1.165) is 25.9 Å². The summed E-state index contributed by atoms with van der Waals surface area (Å²) in [6.45, 7) is 6.13. The summed E-state index contributed by atoms with van der Waals surface area (Å²) >= 11 is 0. The molecule has 0 aliphatic heterocycles. The number of hydrazine groups is 1. The van der Waals surface area contributed by atoms with Gasteiger partial charge in [-0.05, 0) is 25.0 Å². The van der Waals surface area contributed by atoms with Crippen molar-refractivity contribution in [3.8, 4) is 0 Å². The summed E-state index contributed by atoms with van der Waals surface area (Å²) in [7, 11) is 0. The molecule has 2 aromatic heterocycles. The van der Waals surface area contributed by atoms with Gasteiger partial charge in [-0.2, -0.15) is 0 Å². The van der Waals surface area contributed by atoms with Gasteiger partial charge in [0.1, 0.15) is 5.69 Å². The third-order valence-electron chi connectivity index (χ3n) is 4.31. The van der Waals surface area contributed by atoms with Crippen LogP contribution in [0.15, 0.2) is 43.1 Å². The molecule has 33 heavy (non-hydrogen) atoms. The van der Waals surface area contributed by atoms with Gasteiger partial charge in [-0.25, -0.2) is 10.8 Å². The molecular weight excluding hydrogens is 428 g/mol. The highest BCUT2D eigenvalue weighted by molar-refractivity contribution is 5.93. The number of aliphatic hydroxyl groups is 2. The molecule has 0 saturated heterocycles. The van der Waals surface area contributed by atoms with Crippen LogP contribution in [0.25, 0.3) is 0 Å². The maximum absolute atomic E-state index is 10.7. The fourth-order valence-electron chi connectivity index (χ4n) is 2.24. The van der Waals surface area contributed by atoms with Crippen LogP contribution in [0.3, 0.4) is 0 Å². The van der Waals surface area contributed by atoms with Crippen molar-refractivity contribution in [3.63, 3.8) is 0 Å². The summed E-state index contributed by atoms with van der Waals surface area (Å²) in [5, 5.41) is 24.3.